The van der Waals surface area contributed by atoms with Crippen molar-refractivity contribution in [3.8, 4) is 5.75 Å². The molecule has 0 radical (unpaired) electrons. The number of aryl methyl sites for hydroxylation is 1. The highest BCUT2D eigenvalue weighted by molar-refractivity contribution is 7.84. The molecule has 41 heavy (non-hydrogen) atoms. The predicted octanol–water partition coefficient (Wildman–Crippen LogP) is 6.60. The van der Waals surface area contributed by atoms with Gasteiger partial charge in [-0.15, -0.1) is 0 Å². The Morgan fingerprint density at radius 1 is 1.12 bits per heavy atom. The van der Waals surface area contributed by atoms with Crippen LogP contribution in [0.5, 0.6) is 5.75 Å². The van der Waals surface area contributed by atoms with Crippen molar-refractivity contribution < 1.29 is 18.5 Å². The van der Waals surface area contributed by atoms with E-state index in [9.17, 15) is 9.00 Å². The van der Waals surface area contributed by atoms with E-state index in [1.165, 1.54) is 24.0 Å². The van der Waals surface area contributed by atoms with Gasteiger partial charge in [0.1, 0.15) is 16.7 Å². The molecule has 6 rings (SSSR count). The number of fused-ring (bicyclic) bond motifs is 4. The summed E-state index contributed by atoms with van der Waals surface area (Å²) in [6.07, 6.45) is 10.5. The number of methoxy groups -OCH3 is 1. The van der Waals surface area contributed by atoms with Crippen LogP contribution in [0.4, 0.5) is 5.69 Å². The van der Waals surface area contributed by atoms with Gasteiger partial charge in [0.05, 0.1) is 23.6 Å². The number of nitrogens with one attached hydrogen (secondary N) is 1. The molecule has 2 aromatic rings. The van der Waals surface area contributed by atoms with Gasteiger partial charge in [-0.25, -0.2) is 4.21 Å². The van der Waals surface area contributed by atoms with Crippen LogP contribution in [0, 0.1) is 11.8 Å². The average molecular weight is 599 g/mol. The summed E-state index contributed by atoms with van der Waals surface area (Å²) in [5.74, 6) is 1.58. The summed E-state index contributed by atoms with van der Waals surface area (Å²) in [4.78, 5) is 15.9. The fourth-order valence-corrected chi connectivity index (χ4v) is 9.12. The molecule has 222 valence electrons. The van der Waals surface area contributed by atoms with Crippen LogP contribution in [0.3, 0.4) is 0 Å². The number of carbonyl (C=O) groups is 1. The first-order chi connectivity index (χ1) is 19.9. The summed E-state index contributed by atoms with van der Waals surface area (Å²) in [7, 11) is 0.429. The monoisotopic (exact) mass is 598 g/mol. The maximum Gasteiger partial charge on any atom is 0.263 e. The van der Waals surface area contributed by atoms with E-state index in [1.807, 2.05) is 31.4 Å². The number of anilines is 1. The van der Waals surface area contributed by atoms with Crippen LogP contribution in [0.25, 0.3) is 0 Å². The number of amides is 1. The molecule has 0 aromatic heterocycles. The molecule has 4 aliphatic rings. The lowest BCUT2D eigenvalue weighted by molar-refractivity contribution is -0.0220. The SMILES string of the molecule is CCC1CCCCC(OC)C2CCC2CN2C[C@@]3(CCCc4cc(Cl)ccc43)COc3ccc(cc32)C(=O)NS1=O. The molecule has 6 atom stereocenters. The number of hydrogen-bond acceptors (Lipinski definition) is 5. The van der Waals surface area contributed by atoms with E-state index in [-0.39, 0.29) is 22.7 Å². The number of ether oxygens (including phenoxy) is 2. The highest BCUT2D eigenvalue weighted by Crippen LogP contribution is 2.47. The van der Waals surface area contributed by atoms with Crippen molar-refractivity contribution in [2.24, 2.45) is 11.8 Å². The van der Waals surface area contributed by atoms with E-state index in [0.29, 0.717) is 24.0 Å². The number of carbonyl (C=O) groups excluding carboxylic acids is 1. The third-order valence-electron chi connectivity index (χ3n) is 10.2. The van der Waals surface area contributed by atoms with Crippen molar-refractivity contribution in [1.82, 2.24) is 4.72 Å². The van der Waals surface area contributed by atoms with E-state index in [1.54, 1.807) is 0 Å². The minimum atomic E-state index is -1.43. The zero-order valence-corrected chi connectivity index (χ0v) is 25.9. The number of rotatable bonds is 2. The summed E-state index contributed by atoms with van der Waals surface area (Å²) < 4.78 is 28.7. The minimum absolute atomic E-state index is 0.0512. The minimum Gasteiger partial charge on any atom is -0.490 e. The predicted molar refractivity (Wildman–Crippen MR) is 165 cm³/mol. The van der Waals surface area contributed by atoms with Gasteiger partial charge in [-0.05, 0) is 105 Å². The normalized spacial score (nSPS) is 32.1. The summed E-state index contributed by atoms with van der Waals surface area (Å²) in [5.41, 5.74) is 3.99. The van der Waals surface area contributed by atoms with Gasteiger partial charge in [0.2, 0.25) is 0 Å². The van der Waals surface area contributed by atoms with Crippen LogP contribution in [-0.2, 0) is 27.6 Å². The molecule has 2 aliphatic carbocycles. The Hall–Kier alpha value is -2.09. The molecule has 1 spiro atoms. The van der Waals surface area contributed by atoms with Crippen LogP contribution in [-0.4, -0.2) is 48.3 Å². The molecule has 2 aromatic carbocycles. The second-order valence-corrected chi connectivity index (χ2v) is 14.5. The molecule has 2 heterocycles. The van der Waals surface area contributed by atoms with Gasteiger partial charge in [-0.1, -0.05) is 37.4 Å². The smallest absolute Gasteiger partial charge is 0.263 e. The number of nitrogens with zero attached hydrogens (tertiary/aromatic N) is 1. The Labute approximate surface area is 252 Å². The van der Waals surface area contributed by atoms with Crippen LogP contribution in [0.15, 0.2) is 36.4 Å². The first-order valence-corrected chi connectivity index (χ1v) is 17.0. The second kappa shape index (κ2) is 12.3. The Morgan fingerprint density at radius 3 is 2.76 bits per heavy atom. The van der Waals surface area contributed by atoms with E-state index < -0.39 is 11.0 Å². The van der Waals surface area contributed by atoms with Crippen molar-refractivity contribution in [3.05, 3.63) is 58.1 Å². The van der Waals surface area contributed by atoms with Gasteiger partial charge >= 0.3 is 0 Å². The maximum atomic E-state index is 13.4. The van der Waals surface area contributed by atoms with Crippen molar-refractivity contribution in [2.75, 3.05) is 31.7 Å². The lowest BCUT2D eigenvalue weighted by Crippen LogP contribution is -2.49. The lowest BCUT2D eigenvalue weighted by atomic mass is 9.68. The summed E-state index contributed by atoms with van der Waals surface area (Å²) in [6, 6.07) is 12.0. The largest absolute Gasteiger partial charge is 0.490 e. The second-order valence-electron chi connectivity index (χ2n) is 12.6. The van der Waals surface area contributed by atoms with Crippen molar-refractivity contribution >= 4 is 34.2 Å². The van der Waals surface area contributed by atoms with Gasteiger partial charge < -0.3 is 14.4 Å². The van der Waals surface area contributed by atoms with E-state index in [2.05, 4.69) is 28.7 Å². The molecule has 1 amide bonds. The van der Waals surface area contributed by atoms with Crippen LogP contribution in [0.2, 0.25) is 5.02 Å². The maximum absolute atomic E-state index is 13.4. The Morgan fingerprint density at radius 2 is 1.98 bits per heavy atom. The van der Waals surface area contributed by atoms with Gasteiger partial charge in [-0.3, -0.25) is 9.52 Å². The van der Waals surface area contributed by atoms with Gasteiger partial charge in [0.15, 0.2) is 0 Å². The molecular weight excluding hydrogens is 556 g/mol. The van der Waals surface area contributed by atoms with Crippen molar-refractivity contribution in [2.45, 2.75) is 87.9 Å². The summed E-state index contributed by atoms with van der Waals surface area (Å²) in [6.45, 7) is 4.37. The van der Waals surface area contributed by atoms with Crippen LogP contribution >= 0.6 is 11.6 Å². The first kappa shape index (κ1) is 29.0. The van der Waals surface area contributed by atoms with E-state index in [4.69, 9.17) is 21.1 Å². The molecule has 5 unspecified atom stereocenters. The number of hydrogen-bond donors (Lipinski definition) is 1. The molecule has 2 aliphatic heterocycles. The third kappa shape index (κ3) is 5.79. The molecule has 1 fully saturated rings. The Balaban J connectivity index is 1.39. The molecule has 1 N–H and O–H groups in total. The fraction of sp³-hybridized carbons (Fsp3) is 0.606. The highest BCUT2D eigenvalue weighted by atomic mass is 35.5. The average Bonchev–Trinajstić information content (AvgIpc) is 3.10. The quantitative estimate of drug-likeness (QED) is 0.422. The molecular formula is C33H43ClN2O4S. The van der Waals surface area contributed by atoms with Crippen LogP contribution < -0.4 is 14.4 Å². The zero-order valence-electron chi connectivity index (χ0n) is 24.3. The molecule has 1 saturated carbocycles. The first-order valence-electron chi connectivity index (χ1n) is 15.5. The number of benzene rings is 2. The summed E-state index contributed by atoms with van der Waals surface area (Å²) >= 11 is 6.42. The van der Waals surface area contributed by atoms with Gasteiger partial charge in [0.25, 0.3) is 5.91 Å². The fourth-order valence-electron chi connectivity index (χ4n) is 7.77. The highest BCUT2D eigenvalue weighted by Gasteiger charge is 2.44. The lowest BCUT2D eigenvalue weighted by Gasteiger charge is -2.46. The Bertz CT molecular complexity index is 1300. The van der Waals surface area contributed by atoms with Crippen molar-refractivity contribution in [1.29, 1.82) is 0 Å². The molecule has 2 bridgehead atoms. The van der Waals surface area contributed by atoms with Gasteiger partial charge in [-0.2, -0.15) is 0 Å². The molecule has 6 nitrogen and oxygen atoms in total. The number of halogens is 1. The van der Waals surface area contributed by atoms with Gasteiger partial charge in [0, 0.05) is 36.2 Å². The third-order valence-corrected chi connectivity index (χ3v) is 12.0. The molecule has 8 heteroatoms. The standard InChI is InChI=1S/C33H43ClN2O4S/c1-3-26-8-4-5-9-30(39-2)27-13-10-24(27)19-36-20-33(16-6-7-22-17-25(34)12-14-28(22)33)21-40-31-15-11-23(18-29(31)36)32(37)35-41(26)38/h11-12,14-15,17-18,24,26-27,30H,3-10,13,16,19-21H2,1-2H3,(H,35,37)/t24?,26?,27?,30?,33-,41?/m0/s1. The Kier molecular flexibility index (Phi) is 8.67. The van der Waals surface area contributed by atoms with E-state index >= 15 is 0 Å². The van der Waals surface area contributed by atoms with Crippen molar-refractivity contribution in [3.63, 3.8) is 0 Å². The summed E-state index contributed by atoms with van der Waals surface area (Å²) in [5, 5.41) is 0.731. The topological polar surface area (TPSA) is 67.9 Å². The van der Waals surface area contributed by atoms with Crippen LogP contribution in [0.1, 0.15) is 86.2 Å². The molecule has 0 saturated heterocycles. The van der Waals surface area contributed by atoms with E-state index in [0.717, 1.165) is 80.9 Å². The zero-order chi connectivity index (χ0) is 28.6.